The summed E-state index contributed by atoms with van der Waals surface area (Å²) in [5, 5.41) is 0.797. The Balaban J connectivity index is 1.72. The van der Waals surface area contributed by atoms with E-state index in [0.717, 1.165) is 22.1 Å². The number of aryl methyl sites for hydroxylation is 2. The maximum atomic E-state index is 13.5. The number of benzene rings is 3. The minimum Gasteiger partial charge on any atom is -0.493 e. The van der Waals surface area contributed by atoms with E-state index in [1.165, 1.54) is 0 Å². The summed E-state index contributed by atoms with van der Waals surface area (Å²) in [5.41, 5.74) is 4.70. The average molecular weight is 457 g/mol. The number of aromatic nitrogens is 1. The zero-order chi connectivity index (χ0) is 24.2. The van der Waals surface area contributed by atoms with Crippen molar-refractivity contribution in [3.8, 4) is 11.5 Å². The van der Waals surface area contributed by atoms with E-state index in [-0.39, 0.29) is 18.0 Å². The maximum Gasteiger partial charge on any atom is 0.254 e. The first kappa shape index (κ1) is 23.1. The topological polar surface area (TPSA) is 71.6 Å². The molecule has 0 fully saturated rings. The van der Waals surface area contributed by atoms with Gasteiger partial charge >= 0.3 is 0 Å². The van der Waals surface area contributed by atoms with Crippen molar-refractivity contribution in [3.05, 3.63) is 105 Å². The highest BCUT2D eigenvalue weighted by Crippen LogP contribution is 2.31. The lowest BCUT2D eigenvalue weighted by Crippen LogP contribution is -2.32. The van der Waals surface area contributed by atoms with E-state index >= 15 is 0 Å². The van der Waals surface area contributed by atoms with Crippen molar-refractivity contribution in [3.63, 3.8) is 0 Å². The van der Waals surface area contributed by atoms with Gasteiger partial charge in [0.25, 0.3) is 11.5 Å². The van der Waals surface area contributed by atoms with Crippen LogP contribution in [-0.4, -0.2) is 30.0 Å². The molecule has 4 rings (SSSR count). The van der Waals surface area contributed by atoms with Gasteiger partial charge in [0.2, 0.25) is 0 Å². The molecule has 3 aromatic carbocycles. The molecular formula is C28H28N2O4. The molecule has 0 aliphatic rings. The molecule has 1 heterocycles. The number of pyridine rings is 1. The van der Waals surface area contributed by atoms with Crippen LogP contribution in [0.25, 0.3) is 10.9 Å². The first-order valence-electron chi connectivity index (χ1n) is 11.1. The van der Waals surface area contributed by atoms with Gasteiger partial charge in [-0.25, -0.2) is 0 Å². The van der Waals surface area contributed by atoms with Crippen LogP contribution in [0.4, 0.5) is 0 Å². The number of rotatable bonds is 7. The first-order chi connectivity index (χ1) is 16.4. The Morgan fingerprint density at radius 2 is 1.41 bits per heavy atom. The zero-order valence-electron chi connectivity index (χ0n) is 19.8. The predicted molar refractivity (Wildman–Crippen MR) is 134 cm³/mol. The van der Waals surface area contributed by atoms with Crippen molar-refractivity contribution in [2.75, 3.05) is 14.2 Å². The second-order valence-corrected chi connectivity index (χ2v) is 8.43. The van der Waals surface area contributed by atoms with Gasteiger partial charge < -0.3 is 19.4 Å². The number of ether oxygens (including phenoxy) is 2. The fourth-order valence-electron chi connectivity index (χ4n) is 3.89. The summed E-state index contributed by atoms with van der Waals surface area (Å²) in [6, 6.07) is 20.9. The molecule has 1 N–H and O–H groups in total. The van der Waals surface area contributed by atoms with E-state index in [2.05, 4.69) is 4.98 Å². The average Bonchev–Trinajstić information content (AvgIpc) is 2.84. The number of H-pyrrole nitrogens is 1. The number of nitrogens with one attached hydrogen (secondary N) is 1. The predicted octanol–water partition coefficient (Wildman–Crippen LogP) is 5.00. The Morgan fingerprint density at radius 1 is 0.824 bits per heavy atom. The van der Waals surface area contributed by atoms with Crippen LogP contribution in [0.15, 0.2) is 71.5 Å². The third-order valence-corrected chi connectivity index (χ3v) is 5.87. The SMILES string of the molecule is COc1cc2cc(CN(Cc3ccc(C)cc3)C(=O)c3ccc(C)cc3)c(=O)[nH]c2cc1OC. The second kappa shape index (κ2) is 9.83. The molecule has 1 aromatic heterocycles. The molecule has 4 aromatic rings. The van der Waals surface area contributed by atoms with Gasteiger partial charge in [0.1, 0.15) is 0 Å². The van der Waals surface area contributed by atoms with E-state index in [1.54, 1.807) is 31.3 Å². The number of amides is 1. The highest BCUT2D eigenvalue weighted by molar-refractivity contribution is 5.94. The van der Waals surface area contributed by atoms with Gasteiger partial charge in [0.15, 0.2) is 11.5 Å². The van der Waals surface area contributed by atoms with Crippen LogP contribution in [0, 0.1) is 13.8 Å². The number of hydrogen-bond acceptors (Lipinski definition) is 4. The molecule has 6 heteroatoms. The van der Waals surface area contributed by atoms with Crippen molar-refractivity contribution in [1.82, 2.24) is 9.88 Å². The van der Waals surface area contributed by atoms with E-state index in [4.69, 9.17) is 9.47 Å². The highest BCUT2D eigenvalue weighted by atomic mass is 16.5. The van der Waals surface area contributed by atoms with Crippen molar-refractivity contribution in [1.29, 1.82) is 0 Å². The molecule has 0 bridgehead atoms. The lowest BCUT2D eigenvalue weighted by atomic mass is 10.1. The molecule has 0 aliphatic carbocycles. The Labute approximate surface area is 198 Å². The third kappa shape index (κ3) is 4.96. The van der Waals surface area contributed by atoms with E-state index in [1.807, 2.05) is 68.4 Å². The number of methoxy groups -OCH3 is 2. The molecular weight excluding hydrogens is 428 g/mol. The largest absolute Gasteiger partial charge is 0.493 e. The summed E-state index contributed by atoms with van der Waals surface area (Å²) in [4.78, 5) is 31.0. The van der Waals surface area contributed by atoms with Crippen LogP contribution < -0.4 is 15.0 Å². The lowest BCUT2D eigenvalue weighted by Gasteiger charge is -2.23. The fourth-order valence-corrected chi connectivity index (χ4v) is 3.89. The number of carbonyl (C=O) groups is 1. The summed E-state index contributed by atoms with van der Waals surface area (Å²) in [5.74, 6) is 0.974. The Hall–Kier alpha value is -4.06. The smallest absolute Gasteiger partial charge is 0.254 e. The molecule has 0 saturated heterocycles. The molecule has 6 nitrogen and oxygen atoms in total. The molecule has 0 atom stereocenters. The van der Waals surface area contributed by atoms with E-state index in [0.29, 0.717) is 34.7 Å². The molecule has 0 saturated carbocycles. The van der Waals surface area contributed by atoms with Gasteiger partial charge in [0.05, 0.1) is 26.3 Å². The van der Waals surface area contributed by atoms with Gasteiger partial charge in [-0.05, 0) is 43.7 Å². The van der Waals surface area contributed by atoms with Gasteiger partial charge in [-0.15, -0.1) is 0 Å². The normalized spacial score (nSPS) is 10.8. The molecule has 0 spiro atoms. The lowest BCUT2D eigenvalue weighted by molar-refractivity contribution is 0.0729. The molecule has 0 aliphatic heterocycles. The monoisotopic (exact) mass is 456 g/mol. The van der Waals surface area contributed by atoms with Crippen molar-refractivity contribution in [2.45, 2.75) is 26.9 Å². The Morgan fingerprint density at radius 3 is 2.03 bits per heavy atom. The van der Waals surface area contributed by atoms with Crippen LogP contribution in [-0.2, 0) is 13.1 Å². The molecule has 1 amide bonds. The van der Waals surface area contributed by atoms with Gasteiger partial charge in [-0.2, -0.15) is 0 Å². The minimum absolute atomic E-state index is 0.132. The van der Waals surface area contributed by atoms with Crippen molar-refractivity contribution >= 4 is 16.8 Å². The minimum atomic E-state index is -0.245. The first-order valence-corrected chi connectivity index (χ1v) is 11.1. The van der Waals surface area contributed by atoms with Crippen LogP contribution in [0.5, 0.6) is 11.5 Å². The fraction of sp³-hybridized carbons (Fsp3) is 0.214. The van der Waals surface area contributed by atoms with Crippen LogP contribution in [0.1, 0.15) is 32.6 Å². The summed E-state index contributed by atoms with van der Waals surface area (Å²) < 4.78 is 10.8. The molecule has 0 unspecified atom stereocenters. The Kier molecular flexibility index (Phi) is 6.68. The molecule has 174 valence electrons. The molecule has 0 radical (unpaired) electrons. The summed E-state index contributed by atoms with van der Waals surface area (Å²) in [6.45, 7) is 4.56. The quantitative estimate of drug-likeness (QED) is 0.425. The summed E-state index contributed by atoms with van der Waals surface area (Å²) in [7, 11) is 3.12. The highest BCUT2D eigenvalue weighted by Gasteiger charge is 2.19. The standard InChI is InChI=1S/C28H28N2O4/c1-18-5-9-20(10-6-18)16-30(28(32)21-11-7-19(2)8-12-21)17-23-13-22-14-25(33-3)26(34-4)15-24(22)29-27(23)31/h5-15H,16-17H2,1-4H3,(H,29,31). The zero-order valence-corrected chi connectivity index (χ0v) is 19.8. The van der Waals surface area contributed by atoms with E-state index < -0.39 is 0 Å². The van der Waals surface area contributed by atoms with E-state index in [9.17, 15) is 9.59 Å². The second-order valence-electron chi connectivity index (χ2n) is 8.43. The van der Waals surface area contributed by atoms with Crippen LogP contribution in [0.3, 0.4) is 0 Å². The third-order valence-electron chi connectivity index (χ3n) is 5.87. The number of nitrogens with zero attached hydrogens (tertiary/aromatic N) is 1. The Bertz CT molecular complexity index is 1370. The number of aromatic amines is 1. The van der Waals surface area contributed by atoms with Crippen molar-refractivity contribution in [2.24, 2.45) is 0 Å². The van der Waals surface area contributed by atoms with Gasteiger partial charge in [0, 0.05) is 29.1 Å². The summed E-state index contributed by atoms with van der Waals surface area (Å²) in [6.07, 6.45) is 0. The maximum absolute atomic E-state index is 13.5. The summed E-state index contributed by atoms with van der Waals surface area (Å²) >= 11 is 0. The van der Waals surface area contributed by atoms with Gasteiger partial charge in [-0.3, -0.25) is 9.59 Å². The molecule has 34 heavy (non-hydrogen) atoms. The van der Waals surface area contributed by atoms with Crippen molar-refractivity contribution < 1.29 is 14.3 Å². The number of carbonyl (C=O) groups excluding carboxylic acids is 1. The number of hydrogen-bond donors (Lipinski definition) is 1. The number of fused-ring (bicyclic) bond motifs is 1. The van der Waals surface area contributed by atoms with Crippen LogP contribution in [0.2, 0.25) is 0 Å². The van der Waals surface area contributed by atoms with Gasteiger partial charge in [-0.1, -0.05) is 47.5 Å². The van der Waals surface area contributed by atoms with Crippen LogP contribution >= 0.6 is 0 Å².